The molecular formula is C31H31F5N2O3. The van der Waals surface area contributed by atoms with Crippen LogP contribution >= 0.6 is 0 Å². The highest BCUT2D eigenvalue weighted by Gasteiger charge is 2.25. The molecule has 0 spiro atoms. The van der Waals surface area contributed by atoms with E-state index < -0.39 is 12.1 Å². The molecule has 2 aliphatic rings. The molecule has 0 radical (unpaired) electrons. The molecule has 0 N–H and O–H groups in total. The van der Waals surface area contributed by atoms with Crippen molar-refractivity contribution in [3.05, 3.63) is 89.0 Å². The molecule has 5 nitrogen and oxygen atoms in total. The first kappa shape index (κ1) is 28.9. The first-order chi connectivity index (χ1) is 19.9. The summed E-state index contributed by atoms with van der Waals surface area (Å²) in [7, 11) is 0. The van der Waals surface area contributed by atoms with Gasteiger partial charge in [-0.25, -0.2) is 0 Å². The Balaban J connectivity index is 1.47. The maximum Gasteiger partial charge on any atom is 0.387 e. The van der Waals surface area contributed by atoms with Crippen molar-refractivity contribution in [2.24, 2.45) is 0 Å². The third-order valence-electron chi connectivity index (χ3n) is 7.41. The maximum absolute atomic E-state index is 12.9. The van der Waals surface area contributed by atoms with E-state index in [4.69, 9.17) is 4.74 Å². The van der Waals surface area contributed by atoms with Crippen molar-refractivity contribution in [3.8, 4) is 17.2 Å². The monoisotopic (exact) mass is 574 g/mol. The van der Waals surface area contributed by atoms with Gasteiger partial charge in [0, 0.05) is 19.6 Å². The van der Waals surface area contributed by atoms with Crippen molar-refractivity contribution in [2.75, 3.05) is 26.3 Å². The molecular weight excluding hydrogens is 543 g/mol. The number of halogens is 5. The molecule has 1 saturated heterocycles. The van der Waals surface area contributed by atoms with Crippen LogP contribution in [0.2, 0.25) is 0 Å². The van der Waals surface area contributed by atoms with Crippen molar-refractivity contribution < 1.29 is 36.4 Å². The van der Waals surface area contributed by atoms with Crippen LogP contribution in [0.25, 0.3) is 11.1 Å². The third kappa shape index (κ3) is 7.37. The van der Waals surface area contributed by atoms with Crippen molar-refractivity contribution >= 4 is 11.1 Å². The second kappa shape index (κ2) is 13.4. The minimum absolute atomic E-state index is 0.000357. The molecule has 218 valence electrons. The Bertz CT molecular complexity index is 1330. The molecule has 0 bridgehead atoms. The number of aryl methyl sites for hydroxylation is 1. The van der Waals surface area contributed by atoms with Gasteiger partial charge in [0.25, 0.3) is 0 Å². The number of alkyl halides is 3. The highest BCUT2D eigenvalue weighted by Crippen LogP contribution is 2.41. The van der Waals surface area contributed by atoms with Crippen LogP contribution in [0.5, 0.6) is 17.2 Å². The van der Waals surface area contributed by atoms with Crippen LogP contribution in [0.4, 0.5) is 22.1 Å². The minimum Gasteiger partial charge on any atom is -0.489 e. The fraction of sp³-hybridized carbons (Fsp3) is 0.355. The van der Waals surface area contributed by atoms with Crippen LogP contribution in [0.3, 0.4) is 0 Å². The number of benzene rings is 3. The minimum atomic E-state index is -2.92. The molecule has 0 aromatic heterocycles. The summed E-state index contributed by atoms with van der Waals surface area (Å²) < 4.78 is 74.3. The molecule has 0 saturated carbocycles. The second-order valence-electron chi connectivity index (χ2n) is 10.1. The summed E-state index contributed by atoms with van der Waals surface area (Å²) in [5, 5.41) is 0. The molecule has 3 aromatic rings. The van der Waals surface area contributed by atoms with Crippen LogP contribution < -0.4 is 14.3 Å². The van der Waals surface area contributed by atoms with Gasteiger partial charge in [0.2, 0.25) is 5.51 Å². The summed E-state index contributed by atoms with van der Waals surface area (Å²) in [6.07, 6.45) is 3.53. The van der Waals surface area contributed by atoms with Gasteiger partial charge in [-0.2, -0.15) is 8.78 Å². The largest absolute Gasteiger partial charge is 0.489 e. The summed E-state index contributed by atoms with van der Waals surface area (Å²) in [5.41, 5.74) is 4.12. The molecule has 1 fully saturated rings. The lowest BCUT2D eigenvalue weighted by atomic mass is 9.88. The van der Waals surface area contributed by atoms with Crippen molar-refractivity contribution in [3.63, 3.8) is 0 Å². The smallest absolute Gasteiger partial charge is 0.387 e. The number of allylic oxidation sites excluding steroid dienone is 1. The maximum atomic E-state index is 12.9. The lowest BCUT2D eigenvalue weighted by molar-refractivity contribution is -0.337. The first-order valence-electron chi connectivity index (χ1n) is 13.7. The number of hydrogen-bond acceptors (Lipinski definition) is 5. The van der Waals surface area contributed by atoms with Gasteiger partial charge < -0.3 is 14.3 Å². The fourth-order valence-electron chi connectivity index (χ4n) is 5.63. The van der Waals surface area contributed by atoms with E-state index in [1.54, 1.807) is 24.3 Å². The SMILES string of the molecule is FCCCN1CCC(Oc2ccc(C3=C(c4ccc(ON(F)F)cc4)CCCc4cc(OC(F)F)ccc43)cc2)C1. The van der Waals surface area contributed by atoms with Crippen LogP contribution in [-0.2, 0) is 6.42 Å². The first-order valence-corrected chi connectivity index (χ1v) is 13.7. The van der Waals surface area contributed by atoms with E-state index in [1.807, 2.05) is 24.3 Å². The molecule has 1 atom stereocenters. The normalized spacial score (nSPS) is 17.6. The number of rotatable bonds is 11. The van der Waals surface area contributed by atoms with Gasteiger partial charge >= 0.3 is 6.61 Å². The average Bonchev–Trinajstić information content (AvgIpc) is 3.31. The van der Waals surface area contributed by atoms with Crippen LogP contribution in [0.15, 0.2) is 66.7 Å². The molecule has 0 amide bonds. The number of fused-ring (bicyclic) bond motifs is 1. The second-order valence-corrected chi connectivity index (χ2v) is 10.1. The zero-order valence-corrected chi connectivity index (χ0v) is 22.4. The molecule has 5 rings (SSSR count). The molecule has 1 aliphatic carbocycles. The highest BCUT2D eigenvalue weighted by molar-refractivity contribution is 6.00. The topological polar surface area (TPSA) is 34.2 Å². The summed E-state index contributed by atoms with van der Waals surface area (Å²) in [6, 6.07) is 19.2. The van der Waals surface area contributed by atoms with E-state index in [0.717, 1.165) is 71.6 Å². The van der Waals surface area contributed by atoms with Gasteiger partial charge in [0.1, 0.15) is 17.6 Å². The lowest BCUT2D eigenvalue weighted by Crippen LogP contribution is -2.26. The quantitative estimate of drug-likeness (QED) is 0.133. The number of likely N-dealkylation sites (tertiary alicyclic amines) is 1. The van der Waals surface area contributed by atoms with E-state index in [9.17, 15) is 22.1 Å². The summed E-state index contributed by atoms with van der Waals surface area (Å²) >= 11 is 0. The lowest BCUT2D eigenvalue weighted by Gasteiger charge is -2.19. The zero-order valence-electron chi connectivity index (χ0n) is 22.4. The number of hydrogen-bond donors (Lipinski definition) is 0. The molecule has 1 heterocycles. The Morgan fingerprint density at radius 2 is 1.59 bits per heavy atom. The fourth-order valence-corrected chi connectivity index (χ4v) is 5.63. The third-order valence-corrected chi connectivity index (χ3v) is 7.41. The predicted octanol–water partition coefficient (Wildman–Crippen LogP) is 7.76. The predicted molar refractivity (Wildman–Crippen MR) is 146 cm³/mol. The zero-order chi connectivity index (χ0) is 28.8. The van der Waals surface area contributed by atoms with E-state index in [1.165, 1.54) is 18.2 Å². The van der Waals surface area contributed by atoms with Crippen molar-refractivity contribution in [1.29, 1.82) is 0 Å². The number of ether oxygens (including phenoxy) is 2. The Labute approximate surface area is 235 Å². The Morgan fingerprint density at radius 1 is 0.878 bits per heavy atom. The van der Waals surface area contributed by atoms with E-state index in [-0.39, 0.29) is 24.3 Å². The van der Waals surface area contributed by atoms with Crippen LogP contribution in [0, 0.1) is 0 Å². The van der Waals surface area contributed by atoms with Gasteiger partial charge in [-0.05, 0) is 102 Å². The van der Waals surface area contributed by atoms with Gasteiger partial charge in [0.15, 0.2) is 5.75 Å². The number of nitrogens with zero attached hydrogens (tertiary/aromatic N) is 2. The molecule has 1 unspecified atom stereocenters. The molecule has 3 aromatic carbocycles. The van der Waals surface area contributed by atoms with Gasteiger partial charge in [-0.3, -0.25) is 9.29 Å². The molecule has 41 heavy (non-hydrogen) atoms. The summed E-state index contributed by atoms with van der Waals surface area (Å²) in [4.78, 5) is 6.57. The van der Waals surface area contributed by atoms with Crippen molar-refractivity contribution in [1.82, 2.24) is 10.4 Å². The Hall–Kier alpha value is -3.63. The average molecular weight is 575 g/mol. The van der Waals surface area contributed by atoms with E-state index >= 15 is 0 Å². The van der Waals surface area contributed by atoms with Crippen LogP contribution in [0.1, 0.15) is 47.9 Å². The van der Waals surface area contributed by atoms with Gasteiger partial charge in [-0.15, -0.1) is 0 Å². The van der Waals surface area contributed by atoms with Crippen LogP contribution in [-0.4, -0.2) is 49.4 Å². The van der Waals surface area contributed by atoms with Gasteiger partial charge in [-0.1, -0.05) is 39.3 Å². The van der Waals surface area contributed by atoms with E-state index in [2.05, 4.69) is 14.5 Å². The Kier molecular flexibility index (Phi) is 9.41. The standard InChI is InChI=1S/C31H31F5N2O3/c32-16-2-17-37-18-15-27(20-37)39-24-9-7-22(8-10-24)30-28(21-5-11-25(12-6-21)41-38(35)36)4-1-3-23-19-26(40-31(33)34)13-14-29(23)30/h5-14,19,27,31H,1-4,15-18,20H2. The molecule has 10 heteroatoms. The summed E-state index contributed by atoms with van der Waals surface area (Å²) in [6.45, 7) is -0.876. The van der Waals surface area contributed by atoms with E-state index in [0.29, 0.717) is 19.3 Å². The highest BCUT2D eigenvalue weighted by atomic mass is 19.4. The van der Waals surface area contributed by atoms with Crippen molar-refractivity contribution in [2.45, 2.75) is 44.8 Å². The summed E-state index contributed by atoms with van der Waals surface area (Å²) in [5.74, 6) is 0.831. The Morgan fingerprint density at radius 3 is 2.29 bits per heavy atom. The molecule has 1 aliphatic heterocycles. The van der Waals surface area contributed by atoms with Gasteiger partial charge in [0.05, 0.1) is 6.67 Å².